The largest absolute Gasteiger partial charge is 0.493 e. The molecule has 124 valence electrons. The van der Waals surface area contributed by atoms with Crippen LogP contribution in [0.25, 0.3) is 0 Å². The molecule has 7 heteroatoms. The van der Waals surface area contributed by atoms with Crippen LogP contribution >= 0.6 is 0 Å². The van der Waals surface area contributed by atoms with Crippen molar-refractivity contribution in [2.24, 2.45) is 0 Å². The number of aryl methyl sites for hydroxylation is 1. The van der Waals surface area contributed by atoms with Crippen molar-refractivity contribution in [3.8, 4) is 11.5 Å². The molecule has 2 rings (SSSR count). The maximum Gasteiger partial charge on any atom is 0.255 e. The van der Waals surface area contributed by atoms with Crippen LogP contribution in [0.15, 0.2) is 24.5 Å². The van der Waals surface area contributed by atoms with E-state index in [1.54, 1.807) is 22.9 Å². The first-order valence-electron chi connectivity index (χ1n) is 7.55. The van der Waals surface area contributed by atoms with E-state index in [0.717, 1.165) is 5.82 Å². The van der Waals surface area contributed by atoms with Gasteiger partial charge in [-0.05, 0) is 25.5 Å². The lowest BCUT2D eigenvalue weighted by Crippen LogP contribution is -2.30. The van der Waals surface area contributed by atoms with E-state index in [4.69, 9.17) is 9.47 Å². The number of nitrogens with one attached hydrogen (secondary N) is 1. The highest BCUT2D eigenvalue weighted by atomic mass is 16.5. The third-order valence-corrected chi connectivity index (χ3v) is 3.62. The van der Waals surface area contributed by atoms with Gasteiger partial charge in [0.05, 0.1) is 25.8 Å². The summed E-state index contributed by atoms with van der Waals surface area (Å²) in [6, 6.07) is 4.99. The maximum absolute atomic E-state index is 12.7. The van der Waals surface area contributed by atoms with Gasteiger partial charge in [-0.15, -0.1) is 0 Å². The number of benzene rings is 1. The molecule has 1 heterocycles. The number of hydrogen-bond donors (Lipinski definition) is 1. The molecule has 0 bridgehead atoms. The van der Waals surface area contributed by atoms with Crippen molar-refractivity contribution in [3.05, 3.63) is 35.9 Å². The molecule has 0 saturated heterocycles. The molecule has 1 N–H and O–H groups in total. The Balaban J connectivity index is 2.27. The highest BCUT2D eigenvalue weighted by molar-refractivity contribution is 5.98. The first kappa shape index (κ1) is 16.8. The van der Waals surface area contributed by atoms with Crippen molar-refractivity contribution in [2.45, 2.75) is 32.9 Å². The minimum absolute atomic E-state index is 0.221. The lowest BCUT2D eigenvalue weighted by atomic mass is 10.1. The van der Waals surface area contributed by atoms with Gasteiger partial charge in [-0.1, -0.05) is 13.0 Å². The molecule has 0 spiro atoms. The fraction of sp³-hybridized carbons (Fsp3) is 0.438. The van der Waals surface area contributed by atoms with E-state index >= 15 is 0 Å². The zero-order chi connectivity index (χ0) is 16.8. The summed E-state index contributed by atoms with van der Waals surface area (Å²) in [6.07, 6.45) is 2.20. The topological polar surface area (TPSA) is 78.3 Å². The number of carbonyl (C=O) groups is 1. The lowest BCUT2D eigenvalue weighted by Gasteiger charge is -2.18. The Labute approximate surface area is 135 Å². The summed E-state index contributed by atoms with van der Waals surface area (Å²) in [5.74, 6) is 1.44. The molecule has 2 aromatic rings. The summed E-state index contributed by atoms with van der Waals surface area (Å²) in [7, 11) is 3.05. The first-order valence-corrected chi connectivity index (χ1v) is 7.55. The van der Waals surface area contributed by atoms with Crippen molar-refractivity contribution in [1.82, 2.24) is 20.1 Å². The molecule has 0 saturated carbocycles. The minimum atomic E-state index is -0.238. The van der Waals surface area contributed by atoms with Crippen molar-refractivity contribution < 1.29 is 14.3 Å². The number of methoxy groups -OCH3 is 2. The van der Waals surface area contributed by atoms with Crippen LogP contribution in [0, 0.1) is 0 Å². The number of amides is 1. The SMILES string of the molecule is CC[C@H](NC(=O)c1cccc(OC)c1OC)c1ncnn1CC. The average molecular weight is 318 g/mol. The van der Waals surface area contributed by atoms with Crippen LogP contribution in [-0.4, -0.2) is 34.9 Å². The van der Waals surface area contributed by atoms with Crippen molar-refractivity contribution in [2.75, 3.05) is 14.2 Å². The predicted molar refractivity (Wildman–Crippen MR) is 85.7 cm³/mol. The van der Waals surface area contributed by atoms with Crippen molar-refractivity contribution in [1.29, 1.82) is 0 Å². The van der Waals surface area contributed by atoms with Gasteiger partial charge in [-0.3, -0.25) is 4.79 Å². The molecule has 0 unspecified atom stereocenters. The molecule has 23 heavy (non-hydrogen) atoms. The summed E-state index contributed by atoms with van der Waals surface area (Å²) in [4.78, 5) is 16.9. The fourth-order valence-corrected chi connectivity index (χ4v) is 2.44. The smallest absolute Gasteiger partial charge is 0.255 e. The predicted octanol–water partition coefficient (Wildman–Crippen LogP) is 2.20. The van der Waals surface area contributed by atoms with Crippen LogP contribution in [0.4, 0.5) is 0 Å². The average Bonchev–Trinajstić information content (AvgIpc) is 3.06. The molecule has 0 radical (unpaired) electrons. The van der Waals surface area contributed by atoms with Gasteiger partial charge in [-0.2, -0.15) is 5.10 Å². The van der Waals surface area contributed by atoms with Crippen LogP contribution in [0.1, 0.15) is 42.5 Å². The highest BCUT2D eigenvalue weighted by Gasteiger charge is 2.22. The number of carbonyl (C=O) groups excluding carboxylic acids is 1. The third-order valence-electron chi connectivity index (χ3n) is 3.62. The Morgan fingerprint density at radius 3 is 2.70 bits per heavy atom. The Kier molecular flexibility index (Phi) is 5.56. The molecular formula is C16H22N4O3. The molecule has 0 fully saturated rings. The summed E-state index contributed by atoms with van der Waals surface area (Å²) in [5, 5.41) is 7.14. The Morgan fingerprint density at radius 2 is 2.09 bits per heavy atom. The third kappa shape index (κ3) is 3.44. The Hall–Kier alpha value is -2.57. The van der Waals surface area contributed by atoms with E-state index < -0.39 is 0 Å². The monoisotopic (exact) mass is 318 g/mol. The number of rotatable bonds is 7. The maximum atomic E-state index is 12.7. The van der Waals surface area contributed by atoms with Gasteiger partial charge in [0.2, 0.25) is 0 Å². The Bertz CT molecular complexity index is 669. The van der Waals surface area contributed by atoms with Gasteiger partial charge < -0.3 is 14.8 Å². The van der Waals surface area contributed by atoms with Crippen molar-refractivity contribution >= 4 is 5.91 Å². The van der Waals surface area contributed by atoms with Crippen LogP contribution in [0.2, 0.25) is 0 Å². The number of ether oxygens (including phenoxy) is 2. The van der Waals surface area contributed by atoms with Crippen LogP contribution in [0.5, 0.6) is 11.5 Å². The molecular weight excluding hydrogens is 296 g/mol. The van der Waals surface area contributed by atoms with Crippen LogP contribution < -0.4 is 14.8 Å². The fourth-order valence-electron chi connectivity index (χ4n) is 2.44. The number of hydrogen-bond acceptors (Lipinski definition) is 5. The van der Waals surface area contributed by atoms with E-state index in [1.165, 1.54) is 20.5 Å². The van der Waals surface area contributed by atoms with Crippen LogP contribution in [0.3, 0.4) is 0 Å². The second-order valence-electron chi connectivity index (χ2n) is 4.91. The van der Waals surface area contributed by atoms with Gasteiger partial charge in [-0.25, -0.2) is 9.67 Å². The van der Waals surface area contributed by atoms with Crippen LogP contribution in [-0.2, 0) is 6.54 Å². The zero-order valence-corrected chi connectivity index (χ0v) is 13.9. The first-order chi connectivity index (χ1) is 11.2. The molecule has 0 aliphatic heterocycles. The second-order valence-corrected chi connectivity index (χ2v) is 4.91. The normalized spacial score (nSPS) is 11.8. The summed E-state index contributed by atoms with van der Waals surface area (Å²) < 4.78 is 12.3. The lowest BCUT2D eigenvalue weighted by molar-refractivity contribution is 0.0929. The van der Waals surface area contributed by atoms with E-state index in [1.807, 2.05) is 13.8 Å². The Morgan fingerprint density at radius 1 is 1.30 bits per heavy atom. The van der Waals surface area contributed by atoms with Crippen molar-refractivity contribution in [3.63, 3.8) is 0 Å². The number of aromatic nitrogens is 3. The molecule has 1 aromatic heterocycles. The quantitative estimate of drug-likeness (QED) is 0.846. The zero-order valence-electron chi connectivity index (χ0n) is 13.9. The second kappa shape index (κ2) is 7.62. The molecule has 0 aliphatic carbocycles. The molecule has 1 atom stereocenters. The van der Waals surface area contributed by atoms with E-state index in [2.05, 4.69) is 15.4 Å². The van der Waals surface area contributed by atoms with Gasteiger partial charge in [0.25, 0.3) is 5.91 Å². The minimum Gasteiger partial charge on any atom is -0.493 e. The van der Waals surface area contributed by atoms with Gasteiger partial charge >= 0.3 is 0 Å². The van der Waals surface area contributed by atoms with E-state index in [-0.39, 0.29) is 11.9 Å². The standard InChI is InChI=1S/C16H22N4O3/c1-5-12(15-17-10-18-20(15)6-2)19-16(21)11-8-7-9-13(22-3)14(11)23-4/h7-10,12H,5-6H2,1-4H3,(H,19,21)/t12-/m0/s1. The molecule has 1 aromatic carbocycles. The summed E-state index contributed by atoms with van der Waals surface area (Å²) in [6.45, 7) is 4.67. The molecule has 7 nitrogen and oxygen atoms in total. The van der Waals surface area contributed by atoms with Gasteiger partial charge in [0.15, 0.2) is 11.5 Å². The highest BCUT2D eigenvalue weighted by Crippen LogP contribution is 2.31. The van der Waals surface area contributed by atoms with E-state index in [0.29, 0.717) is 30.0 Å². The molecule has 0 aliphatic rings. The van der Waals surface area contributed by atoms with E-state index in [9.17, 15) is 4.79 Å². The van der Waals surface area contributed by atoms with Gasteiger partial charge in [0, 0.05) is 6.54 Å². The number of para-hydroxylation sites is 1. The number of nitrogens with zero attached hydrogens (tertiary/aromatic N) is 3. The molecule has 1 amide bonds. The van der Waals surface area contributed by atoms with Gasteiger partial charge in [0.1, 0.15) is 12.2 Å². The summed E-state index contributed by atoms with van der Waals surface area (Å²) in [5.41, 5.74) is 0.424. The summed E-state index contributed by atoms with van der Waals surface area (Å²) >= 11 is 0.